The normalized spacial score (nSPS) is 14.6. The largest absolute Gasteiger partial charge is 0.464 e. The van der Waals surface area contributed by atoms with E-state index < -0.39 is 17.7 Å². The van der Waals surface area contributed by atoms with E-state index in [9.17, 15) is 5.11 Å². The number of aliphatic hydroxyl groups excluding tert-OH is 1. The van der Waals surface area contributed by atoms with Gasteiger partial charge in [0.2, 0.25) is 6.23 Å². The van der Waals surface area contributed by atoms with Gasteiger partial charge in [0.05, 0.1) is 5.02 Å². The fraction of sp³-hybridized carbons (Fsp3) is 0.429. The summed E-state index contributed by atoms with van der Waals surface area (Å²) in [6.07, 6.45) is 1.07. The molecular weight excluding hydrogens is 349 g/mol. The van der Waals surface area contributed by atoms with Gasteiger partial charge in [-0.15, -0.1) is 11.6 Å². The van der Waals surface area contributed by atoms with Crippen LogP contribution in [0.1, 0.15) is 20.1 Å². The fourth-order valence-electron chi connectivity index (χ4n) is 1.78. The van der Waals surface area contributed by atoms with Crippen molar-refractivity contribution in [3.05, 3.63) is 40.9 Å². The van der Waals surface area contributed by atoms with E-state index in [1.807, 2.05) is 13.8 Å². The Balaban J connectivity index is 2.33. The van der Waals surface area contributed by atoms with Crippen LogP contribution < -0.4 is 4.74 Å². The van der Waals surface area contributed by atoms with Crippen molar-refractivity contribution in [3.63, 3.8) is 0 Å². The van der Waals surface area contributed by atoms with E-state index in [2.05, 4.69) is 10.1 Å². The number of aromatic nitrogens is 3. The number of alkyl halides is 1. The lowest BCUT2D eigenvalue weighted by molar-refractivity contribution is -0.0718. The zero-order chi connectivity index (χ0) is 16.3. The molecule has 1 aromatic heterocycles. The summed E-state index contributed by atoms with van der Waals surface area (Å²) in [5.74, 6) is 0.632. The van der Waals surface area contributed by atoms with Gasteiger partial charge < -0.3 is 9.84 Å². The minimum atomic E-state index is -0.932. The Kier molecular flexibility index (Phi) is 5.55. The van der Waals surface area contributed by atoms with E-state index in [1.54, 1.807) is 18.2 Å². The Morgan fingerprint density at radius 3 is 2.64 bits per heavy atom. The van der Waals surface area contributed by atoms with Crippen LogP contribution in [0.25, 0.3) is 0 Å². The van der Waals surface area contributed by atoms with Gasteiger partial charge in [-0.3, -0.25) is 0 Å². The van der Waals surface area contributed by atoms with Gasteiger partial charge in [-0.25, -0.2) is 9.67 Å². The molecule has 1 N–H and O–H groups in total. The van der Waals surface area contributed by atoms with Gasteiger partial charge in [-0.2, -0.15) is 5.10 Å². The Bertz CT molecular complexity index is 620. The first kappa shape index (κ1) is 17.3. The number of ether oxygens (including phenoxy) is 1. The first-order valence-electron chi connectivity index (χ1n) is 6.55. The molecule has 120 valence electrons. The Hall–Kier alpha value is -1.01. The molecule has 0 saturated carbocycles. The van der Waals surface area contributed by atoms with Gasteiger partial charge in [-0.1, -0.05) is 37.0 Å². The average Bonchev–Trinajstić information content (AvgIpc) is 3.00. The number of rotatable bonds is 6. The predicted molar refractivity (Wildman–Crippen MR) is 86.7 cm³/mol. The number of hydrogen-bond donors (Lipinski definition) is 1. The number of halogens is 3. The lowest BCUT2D eigenvalue weighted by Crippen LogP contribution is -2.41. The van der Waals surface area contributed by atoms with Crippen molar-refractivity contribution in [2.24, 2.45) is 5.41 Å². The molecule has 0 radical (unpaired) electrons. The van der Waals surface area contributed by atoms with E-state index in [1.165, 1.54) is 17.3 Å². The summed E-state index contributed by atoms with van der Waals surface area (Å²) in [6.45, 7) is 3.67. The van der Waals surface area contributed by atoms with Crippen molar-refractivity contribution in [2.75, 3.05) is 5.88 Å². The molecule has 0 aliphatic rings. The van der Waals surface area contributed by atoms with Crippen LogP contribution in [0.5, 0.6) is 5.75 Å². The molecule has 0 aliphatic heterocycles. The molecule has 0 aliphatic carbocycles. The summed E-state index contributed by atoms with van der Waals surface area (Å²) >= 11 is 17.9. The molecule has 0 bridgehead atoms. The fourth-order valence-corrected chi connectivity index (χ4v) is 2.39. The van der Waals surface area contributed by atoms with Gasteiger partial charge in [0.25, 0.3) is 0 Å². The topological polar surface area (TPSA) is 60.2 Å². The Morgan fingerprint density at radius 2 is 2.09 bits per heavy atom. The minimum absolute atomic E-state index is 0.247. The second-order valence-electron chi connectivity index (χ2n) is 5.53. The second kappa shape index (κ2) is 7.04. The standard InChI is InChI=1S/C14H16Cl3N3O2/c1-14(2,6-15)12(21)13(20-8-18-7-19-20)22-11-4-3-9(16)5-10(11)17/h3-5,7-8,12-13,21H,6H2,1-2H3. The van der Waals surface area contributed by atoms with Crippen molar-refractivity contribution in [1.82, 2.24) is 14.8 Å². The van der Waals surface area contributed by atoms with Crippen LogP contribution in [0.3, 0.4) is 0 Å². The predicted octanol–water partition coefficient (Wildman–Crippen LogP) is 3.79. The van der Waals surface area contributed by atoms with Gasteiger partial charge >= 0.3 is 0 Å². The molecule has 0 fully saturated rings. The summed E-state index contributed by atoms with van der Waals surface area (Å²) in [5, 5.41) is 15.5. The zero-order valence-electron chi connectivity index (χ0n) is 12.1. The van der Waals surface area contributed by atoms with Crippen LogP contribution in [0.4, 0.5) is 0 Å². The first-order valence-corrected chi connectivity index (χ1v) is 7.84. The van der Waals surface area contributed by atoms with E-state index in [0.29, 0.717) is 15.8 Å². The molecule has 22 heavy (non-hydrogen) atoms. The van der Waals surface area contributed by atoms with Gasteiger partial charge in [0.1, 0.15) is 24.5 Å². The molecule has 1 aromatic carbocycles. The highest BCUT2D eigenvalue weighted by Crippen LogP contribution is 2.35. The second-order valence-corrected chi connectivity index (χ2v) is 6.64. The van der Waals surface area contributed by atoms with E-state index in [4.69, 9.17) is 39.5 Å². The Morgan fingerprint density at radius 1 is 1.36 bits per heavy atom. The zero-order valence-corrected chi connectivity index (χ0v) is 14.3. The summed E-state index contributed by atoms with van der Waals surface area (Å²) in [7, 11) is 0. The lowest BCUT2D eigenvalue weighted by atomic mass is 9.87. The smallest absolute Gasteiger partial charge is 0.219 e. The highest BCUT2D eigenvalue weighted by molar-refractivity contribution is 6.35. The molecule has 0 saturated heterocycles. The van der Waals surface area contributed by atoms with E-state index >= 15 is 0 Å². The van der Waals surface area contributed by atoms with Crippen LogP contribution in [-0.2, 0) is 0 Å². The molecule has 1 heterocycles. The lowest BCUT2D eigenvalue weighted by Gasteiger charge is -2.34. The van der Waals surface area contributed by atoms with Crippen molar-refractivity contribution in [2.45, 2.75) is 26.2 Å². The molecule has 2 aromatic rings. The van der Waals surface area contributed by atoms with Crippen LogP contribution >= 0.6 is 34.8 Å². The van der Waals surface area contributed by atoms with Crippen molar-refractivity contribution >= 4 is 34.8 Å². The molecule has 0 spiro atoms. The molecule has 5 nitrogen and oxygen atoms in total. The summed E-state index contributed by atoms with van der Waals surface area (Å²) < 4.78 is 7.28. The van der Waals surface area contributed by atoms with Gasteiger partial charge in [-0.05, 0) is 18.2 Å². The summed E-state index contributed by atoms with van der Waals surface area (Å²) in [4.78, 5) is 3.89. The van der Waals surface area contributed by atoms with Crippen LogP contribution in [0.15, 0.2) is 30.9 Å². The SMILES string of the molecule is CC(C)(CCl)C(O)C(Oc1ccc(Cl)cc1Cl)n1cncn1. The number of benzene rings is 1. The van der Waals surface area contributed by atoms with Crippen LogP contribution in [0.2, 0.25) is 10.0 Å². The minimum Gasteiger partial charge on any atom is -0.464 e. The summed E-state index contributed by atoms with van der Waals surface area (Å²) in [6, 6.07) is 4.85. The molecule has 0 amide bonds. The quantitative estimate of drug-likeness (QED) is 0.792. The number of hydrogen-bond acceptors (Lipinski definition) is 4. The molecule has 2 atom stereocenters. The maximum atomic E-state index is 10.6. The summed E-state index contributed by atoms with van der Waals surface area (Å²) in [5.41, 5.74) is -0.600. The molecular formula is C14H16Cl3N3O2. The number of aliphatic hydroxyl groups is 1. The molecule has 8 heteroatoms. The van der Waals surface area contributed by atoms with Crippen LogP contribution in [0, 0.1) is 5.41 Å². The van der Waals surface area contributed by atoms with Gasteiger partial charge in [0, 0.05) is 16.3 Å². The first-order chi connectivity index (χ1) is 10.3. The van der Waals surface area contributed by atoms with E-state index in [0.717, 1.165) is 0 Å². The van der Waals surface area contributed by atoms with Crippen molar-refractivity contribution in [1.29, 1.82) is 0 Å². The van der Waals surface area contributed by atoms with Gasteiger partial charge in [0.15, 0.2) is 0 Å². The monoisotopic (exact) mass is 363 g/mol. The average molecular weight is 365 g/mol. The highest BCUT2D eigenvalue weighted by atomic mass is 35.5. The van der Waals surface area contributed by atoms with Crippen LogP contribution in [-0.4, -0.2) is 31.9 Å². The third-order valence-corrected chi connectivity index (χ3v) is 4.47. The number of nitrogens with zero attached hydrogens (tertiary/aromatic N) is 3. The van der Waals surface area contributed by atoms with Crippen molar-refractivity contribution in [3.8, 4) is 5.75 Å². The third kappa shape index (κ3) is 3.84. The third-order valence-electron chi connectivity index (χ3n) is 3.25. The maximum absolute atomic E-state index is 10.6. The van der Waals surface area contributed by atoms with Crippen molar-refractivity contribution < 1.29 is 9.84 Å². The molecule has 2 rings (SSSR count). The molecule has 2 unspecified atom stereocenters. The maximum Gasteiger partial charge on any atom is 0.219 e. The highest BCUT2D eigenvalue weighted by Gasteiger charge is 2.37. The van der Waals surface area contributed by atoms with E-state index in [-0.39, 0.29) is 5.88 Å². The Labute approximate surface area is 143 Å².